The van der Waals surface area contributed by atoms with Crippen LogP contribution < -0.4 is 0 Å². The summed E-state index contributed by atoms with van der Waals surface area (Å²) in [6.45, 7) is 6.19. The SMILES string of the molecule is CCCCCCCCC/C=C/C=C/C=C/C=C/C=C/C(=O)OCC(COC(=O)CCCCCCC)OC(=O)/C=C/C=C/C=C/C=C/C=C/CCCCCCCCC. The van der Waals surface area contributed by atoms with Crippen molar-refractivity contribution in [2.24, 2.45) is 0 Å². The van der Waals surface area contributed by atoms with Crippen molar-refractivity contribution >= 4 is 17.9 Å². The van der Waals surface area contributed by atoms with Crippen LogP contribution in [0.4, 0.5) is 0 Å². The Bertz CT molecular complexity index is 1270. The minimum absolute atomic E-state index is 0.199. The Kier molecular flexibility index (Phi) is 41.3. The van der Waals surface area contributed by atoms with Crippen LogP contribution in [-0.2, 0) is 28.6 Å². The summed E-state index contributed by atoms with van der Waals surface area (Å²) < 4.78 is 16.1. The van der Waals surface area contributed by atoms with E-state index in [-0.39, 0.29) is 19.2 Å². The maximum Gasteiger partial charge on any atom is 0.331 e. The summed E-state index contributed by atoms with van der Waals surface area (Å²) in [5.41, 5.74) is 0. The summed E-state index contributed by atoms with van der Waals surface area (Å²) in [6, 6.07) is 0. The lowest BCUT2D eigenvalue weighted by molar-refractivity contribution is -0.162. The van der Waals surface area contributed by atoms with E-state index in [1.807, 2.05) is 60.8 Å². The van der Waals surface area contributed by atoms with Crippen molar-refractivity contribution in [3.8, 4) is 0 Å². The lowest BCUT2D eigenvalue weighted by Gasteiger charge is -2.17. The normalized spacial score (nSPS) is 13.2. The van der Waals surface area contributed by atoms with Crippen LogP contribution in [0.5, 0.6) is 0 Å². The van der Waals surface area contributed by atoms with Gasteiger partial charge in [0.2, 0.25) is 0 Å². The second kappa shape index (κ2) is 44.5. The molecule has 0 aliphatic rings. The van der Waals surface area contributed by atoms with Gasteiger partial charge >= 0.3 is 17.9 Å². The molecule has 57 heavy (non-hydrogen) atoms. The second-order valence-electron chi connectivity index (χ2n) is 14.2. The Morgan fingerprint density at radius 1 is 0.386 bits per heavy atom. The van der Waals surface area contributed by atoms with E-state index in [1.54, 1.807) is 24.3 Å². The highest BCUT2D eigenvalue weighted by Crippen LogP contribution is 2.10. The monoisotopic (exact) mass is 787 g/mol. The Hall–Kier alpha value is -4.19. The second-order valence-corrected chi connectivity index (χ2v) is 14.2. The molecule has 1 atom stereocenters. The zero-order valence-corrected chi connectivity index (χ0v) is 36.0. The summed E-state index contributed by atoms with van der Waals surface area (Å²) in [6.07, 6.45) is 61.9. The molecular weight excluding hydrogens is 709 g/mol. The van der Waals surface area contributed by atoms with E-state index < -0.39 is 18.0 Å². The molecular formula is C51H78O6. The van der Waals surface area contributed by atoms with Crippen LogP contribution in [-0.4, -0.2) is 37.2 Å². The van der Waals surface area contributed by atoms with Gasteiger partial charge < -0.3 is 14.2 Å². The fourth-order valence-corrected chi connectivity index (χ4v) is 5.50. The highest BCUT2D eigenvalue weighted by atomic mass is 16.6. The number of carbonyl (C=O) groups is 3. The zero-order chi connectivity index (χ0) is 41.5. The highest BCUT2D eigenvalue weighted by molar-refractivity contribution is 5.83. The quantitative estimate of drug-likeness (QED) is 0.0205. The molecule has 0 fully saturated rings. The van der Waals surface area contributed by atoms with Gasteiger partial charge in [-0.1, -0.05) is 233 Å². The van der Waals surface area contributed by atoms with E-state index in [0.29, 0.717) is 6.42 Å². The molecule has 0 aromatic carbocycles. The number of allylic oxidation sites excluding steroid dienone is 18. The maximum absolute atomic E-state index is 12.5. The third kappa shape index (κ3) is 42.8. The molecule has 0 aromatic rings. The molecule has 6 heteroatoms. The Morgan fingerprint density at radius 3 is 1.19 bits per heavy atom. The number of ether oxygens (including phenoxy) is 3. The number of hydrogen-bond acceptors (Lipinski definition) is 6. The van der Waals surface area contributed by atoms with Crippen molar-refractivity contribution in [2.75, 3.05) is 13.2 Å². The third-order valence-electron chi connectivity index (χ3n) is 8.85. The predicted octanol–water partition coefficient (Wildman–Crippen LogP) is 14.2. The van der Waals surface area contributed by atoms with E-state index in [4.69, 9.17) is 14.2 Å². The summed E-state index contributed by atoms with van der Waals surface area (Å²) >= 11 is 0. The molecule has 1 unspecified atom stereocenters. The van der Waals surface area contributed by atoms with Crippen LogP contribution in [0.3, 0.4) is 0 Å². The van der Waals surface area contributed by atoms with E-state index in [9.17, 15) is 14.4 Å². The number of carbonyl (C=O) groups excluding carboxylic acids is 3. The Morgan fingerprint density at radius 2 is 0.737 bits per heavy atom. The molecule has 0 amide bonds. The van der Waals surface area contributed by atoms with E-state index in [0.717, 1.165) is 44.9 Å². The molecule has 0 spiro atoms. The molecule has 0 N–H and O–H groups in total. The molecule has 0 bridgehead atoms. The largest absolute Gasteiger partial charge is 0.462 e. The topological polar surface area (TPSA) is 78.9 Å². The van der Waals surface area contributed by atoms with Crippen molar-refractivity contribution in [1.82, 2.24) is 0 Å². The van der Waals surface area contributed by atoms with Gasteiger partial charge in [-0.3, -0.25) is 4.79 Å². The van der Waals surface area contributed by atoms with Crippen LogP contribution >= 0.6 is 0 Å². The molecule has 0 aliphatic heterocycles. The van der Waals surface area contributed by atoms with Crippen molar-refractivity contribution in [3.05, 3.63) is 122 Å². The third-order valence-corrected chi connectivity index (χ3v) is 8.85. The molecule has 0 rings (SSSR count). The minimum atomic E-state index is -0.939. The van der Waals surface area contributed by atoms with Crippen LogP contribution in [0, 0.1) is 0 Å². The fraction of sp³-hybridized carbons (Fsp3) is 0.549. The van der Waals surface area contributed by atoms with Crippen molar-refractivity contribution in [2.45, 2.75) is 168 Å². The maximum atomic E-state index is 12.5. The molecule has 0 saturated carbocycles. The average molecular weight is 787 g/mol. The van der Waals surface area contributed by atoms with Gasteiger partial charge in [-0.15, -0.1) is 0 Å². The summed E-state index contributed by atoms with van der Waals surface area (Å²) in [5.74, 6) is -1.59. The van der Waals surface area contributed by atoms with Gasteiger partial charge in [-0.25, -0.2) is 9.59 Å². The average Bonchev–Trinajstić information content (AvgIpc) is 3.21. The van der Waals surface area contributed by atoms with Gasteiger partial charge in [0.1, 0.15) is 13.2 Å². The molecule has 0 saturated heterocycles. The predicted molar refractivity (Wildman–Crippen MR) is 242 cm³/mol. The zero-order valence-electron chi connectivity index (χ0n) is 36.0. The number of esters is 3. The molecule has 6 nitrogen and oxygen atoms in total. The lowest BCUT2D eigenvalue weighted by Crippen LogP contribution is -2.30. The van der Waals surface area contributed by atoms with E-state index in [2.05, 4.69) is 45.1 Å². The van der Waals surface area contributed by atoms with E-state index in [1.165, 1.54) is 102 Å². The Balaban J connectivity index is 4.70. The first-order chi connectivity index (χ1) is 28.0. The lowest BCUT2D eigenvalue weighted by atomic mass is 10.1. The molecule has 0 radical (unpaired) electrons. The van der Waals surface area contributed by atoms with Gasteiger partial charge in [-0.05, 0) is 32.1 Å². The van der Waals surface area contributed by atoms with Crippen LogP contribution in [0.2, 0.25) is 0 Å². The van der Waals surface area contributed by atoms with Crippen LogP contribution in [0.25, 0.3) is 0 Å². The van der Waals surface area contributed by atoms with Gasteiger partial charge in [0.15, 0.2) is 6.10 Å². The fourth-order valence-electron chi connectivity index (χ4n) is 5.50. The first kappa shape index (κ1) is 52.8. The molecule has 0 aliphatic carbocycles. The van der Waals surface area contributed by atoms with E-state index >= 15 is 0 Å². The number of unbranched alkanes of at least 4 members (excludes halogenated alkanes) is 18. The van der Waals surface area contributed by atoms with Gasteiger partial charge in [0.05, 0.1) is 0 Å². The van der Waals surface area contributed by atoms with Crippen molar-refractivity contribution < 1.29 is 28.6 Å². The number of rotatable bonds is 37. The van der Waals surface area contributed by atoms with Gasteiger partial charge in [0, 0.05) is 18.6 Å². The van der Waals surface area contributed by atoms with Crippen molar-refractivity contribution in [3.63, 3.8) is 0 Å². The molecule has 0 aromatic heterocycles. The minimum Gasteiger partial charge on any atom is -0.462 e. The highest BCUT2D eigenvalue weighted by Gasteiger charge is 2.18. The van der Waals surface area contributed by atoms with Gasteiger partial charge in [-0.2, -0.15) is 0 Å². The molecule has 0 heterocycles. The Labute approximate surface area is 348 Å². The standard InChI is InChI=1S/C51H78O6/c1-4-7-10-13-15-17-19-21-23-25-27-29-31-33-35-38-41-44-50(53)56-47-48(46-55-49(52)43-40-37-12-9-6-3)57-51(54)45-42-39-36-34-32-30-28-26-24-22-20-18-16-14-11-8-5-2/h23-36,38-39,41-42,44-45,48H,4-22,37,40,43,46-47H2,1-3H3/b25-23+,26-24+,29-27+,30-28+,33-31+,34-32+,38-35+,39-36+,44-41+,45-42+. The first-order valence-corrected chi connectivity index (χ1v) is 22.2. The number of hydrogen-bond donors (Lipinski definition) is 0. The smallest absolute Gasteiger partial charge is 0.331 e. The first-order valence-electron chi connectivity index (χ1n) is 22.2. The van der Waals surface area contributed by atoms with Crippen molar-refractivity contribution in [1.29, 1.82) is 0 Å². The molecule has 318 valence electrons. The summed E-state index contributed by atoms with van der Waals surface area (Å²) in [4.78, 5) is 37.2. The summed E-state index contributed by atoms with van der Waals surface area (Å²) in [5, 5.41) is 0. The van der Waals surface area contributed by atoms with Crippen LogP contribution in [0.15, 0.2) is 122 Å². The van der Waals surface area contributed by atoms with Crippen LogP contribution in [0.1, 0.15) is 162 Å². The summed E-state index contributed by atoms with van der Waals surface area (Å²) in [7, 11) is 0. The van der Waals surface area contributed by atoms with Gasteiger partial charge in [0.25, 0.3) is 0 Å².